The van der Waals surface area contributed by atoms with Crippen LogP contribution >= 0.6 is 0 Å². The minimum Gasteiger partial charge on any atom is -0.358 e. The van der Waals surface area contributed by atoms with Gasteiger partial charge in [-0.25, -0.2) is 0 Å². The minimum atomic E-state index is 0. The highest BCUT2D eigenvalue weighted by Crippen LogP contribution is 2.35. The van der Waals surface area contributed by atoms with Crippen LogP contribution in [0.1, 0.15) is 58.5 Å². The molecule has 0 amide bonds. The molecule has 4 heterocycles. The number of fused-ring (bicyclic) bond motifs is 4. The molecule has 0 radical (unpaired) electrons. The van der Waals surface area contributed by atoms with Gasteiger partial charge in [-0.1, -0.05) is 236 Å². The van der Waals surface area contributed by atoms with Crippen molar-refractivity contribution in [2.75, 3.05) is 9.80 Å². The Kier molecular flexibility index (Phi) is 19.3. The molecule has 0 unspecified atom stereocenters. The first kappa shape index (κ1) is 56.8. The van der Waals surface area contributed by atoms with Crippen molar-refractivity contribution in [2.45, 2.75) is 40.0 Å². The van der Waals surface area contributed by atoms with E-state index in [1.807, 2.05) is 0 Å². The van der Waals surface area contributed by atoms with Crippen LogP contribution in [0, 0.1) is 14.9 Å². The van der Waals surface area contributed by atoms with E-state index >= 15 is 0 Å². The second-order valence-electron chi connectivity index (χ2n) is 20.4. The maximum Gasteiger partial charge on any atom is 0.213 e. The average molecular weight is 1070 g/mol. The largest absolute Gasteiger partial charge is 0.358 e. The van der Waals surface area contributed by atoms with Gasteiger partial charge in [-0.05, 0) is 90.2 Å². The monoisotopic (exact) mass is 1060 g/mol. The Balaban J connectivity index is 0.000000193. The first-order chi connectivity index (χ1) is 39.5. The molecule has 2 aliphatic heterocycles. The van der Waals surface area contributed by atoms with Gasteiger partial charge in [0.2, 0.25) is 16.7 Å². The molecular formula is C78H72N4. The maximum absolute atomic E-state index is 2.40. The molecule has 0 N–H and O–H groups in total. The van der Waals surface area contributed by atoms with Gasteiger partial charge in [-0.15, -0.1) is 0 Å². The minimum absolute atomic E-state index is 0. The van der Waals surface area contributed by atoms with Crippen LogP contribution in [0.25, 0.3) is 45.6 Å². The van der Waals surface area contributed by atoms with Gasteiger partial charge in [-0.2, -0.15) is 9.13 Å². The summed E-state index contributed by atoms with van der Waals surface area (Å²) in [4.78, 5) is 4.72. The number of hydrogen-bond acceptors (Lipinski definition) is 2. The highest BCUT2D eigenvalue weighted by molar-refractivity contribution is 5.88. The van der Waals surface area contributed by atoms with Crippen LogP contribution in [-0.2, 0) is 26.2 Å². The van der Waals surface area contributed by atoms with Crippen LogP contribution in [0.5, 0.6) is 0 Å². The summed E-state index contributed by atoms with van der Waals surface area (Å²) in [6.45, 7) is 7.69. The molecule has 10 aromatic rings. The smallest absolute Gasteiger partial charge is 0.213 e. The van der Waals surface area contributed by atoms with E-state index in [4.69, 9.17) is 0 Å². The van der Waals surface area contributed by atoms with E-state index in [2.05, 4.69) is 349 Å². The Morgan fingerprint density at radius 1 is 0.451 bits per heavy atom. The zero-order valence-electron chi connectivity index (χ0n) is 47.6. The lowest BCUT2D eigenvalue weighted by Crippen LogP contribution is -2.38. The summed E-state index contributed by atoms with van der Waals surface area (Å²) in [5, 5.41) is 2.50. The van der Waals surface area contributed by atoms with Crippen LogP contribution < -0.4 is 18.9 Å². The zero-order valence-corrected chi connectivity index (χ0v) is 47.6. The number of nitrogens with zero attached hydrogens (tertiary/aromatic N) is 4. The van der Waals surface area contributed by atoms with Crippen molar-refractivity contribution < 1.29 is 9.13 Å². The van der Waals surface area contributed by atoms with Crippen LogP contribution in [0.3, 0.4) is 0 Å². The summed E-state index contributed by atoms with van der Waals surface area (Å²) in [5.41, 5.74) is 19.8. The zero-order chi connectivity index (χ0) is 54.3. The molecule has 0 aliphatic carbocycles. The SMILES string of the molecule is CC(/C=C/c1cc[n+](Cc2ccccc2)c2ccccc12)=C\C=C1\C=CN(Cc2ccccc2)c2ccccc21.CC(/C=C/c1ccc2ccccc2[n+]1Cc1ccccc1)=C\C=C1/C=Cc2ccccc2N1Cc1ccccc1.[CH3-].[CH3-]. The van der Waals surface area contributed by atoms with E-state index in [1.165, 1.54) is 100 Å². The van der Waals surface area contributed by atoms with Crippen molar-refractivity contribution in [3.63, 3.8) is 0 Å². The van der Waals surface area contributed by atoms with E-state index in [0.29, 0.717) is 0 Å². The Morgan fingerprint density at radius 2 is 1.01 bits per heavy atom. The Bertz CT molecular complexity index is 4010. The first-order valence-corrected chi connectivity index (χ1v) is 27.7. The number of hydrogen-bond donors (Lipinski definition) is 0. The number of pyridine rings is 2. The normalized spacial score (nSPS) is 13.9. The van der Waals surface area contributed by atoms with Crippen molar-refractivity contribution in [1.82, 2.24) is 0 Å². The predicted molar refractivity (Wildman–Crippen MR) is 350 cm³/mol. The lowest BCUT2D eigenvalue weighted by atomic mass is 9.98. The molecule has 404 valence electrons. The van der Waals surface area contributed by atoms with Gasteiger partial charge in [-0.3, -0.25) is 0 Å². The fourth-order valence-electron chi connectivity index (χ4n) is 10.5. The lowest BCUT2D eigenvalue weighted by molar-refractivity contribution is -0.664. The number of allylic oxidation sites excluding steroid dienone is 11. The first-order valence-electron chi connectivity index (χ1n) is 27.7. The fourth-order valence-corrected chi connectivity index (χ4v) is 10.5. The van der Waals surface area contributed by atoms with Gasteiger partial charge in [0.05, 0.1) is 5.39 Å². The Labute approximate surface area is 487 Å². The molecule has 0 bridgehead atoms. The van der Waals surface area contributed by atoms with Crippen LogP contribution in [0.4, 0.5) is 11.4 Å². The summed E-state index contributed by atoms with van der Waals surface area (Å²) in [6.07, 6.45) is 28.8. The number of anilines is 2. The third-order valence-corrected chi connectivity index (χ3v) is 14.7. The van der Waals surface area contributed by atoms with Gasteiger partial charge in [0.1, 0.15) is 0 Å². The number of benzene rings is 8. The van der Waals surface area contributed by atoms with Crippen molar-refractivity contribution in [3.8, 4) is 0 Å². The van der Waals surface area contributed by atoms with Gasteiger partial charge in [0.25, 0.3) is 0 Å². The van der Waals surface area contributed by atoms with Gasteiger partial charge < -0.3 is 24.7 Å². The highest BCUT2D eigenvalue weighted by Gasteiger charge is 2.19. The van der Waals surface area contributed by atoms with E-state index in [1.54, 1.807) is 0 Å². The number of rotatable bonds is 14. The summed E-state index contributed by atoms with van der Waals surface area (Å²) >= 11 is 0. The summed E-state index contributed by atoms with van der Waals surface area (Å²) in [6, 6.07) is 83.7. The summed E-state index contributed by atoms with van der Waals surface area (Å²) in [7, 11) is 0. The molecule has 4 heteroatoms. The quantitative estimate of drug-likeness (QED) is 0.0612. The van der Waals surface area contributed by atoms with Gasteiger partial charge >= 0.3 is 0 Å². The Hall–Kier alpha value is -9.90. The van der Waals surface area contributed by atoms with E-state index in [0.717, 1.165) is 26.2 Å². The third-order valence-electron chi connectivity index (χ3n) is 14.7. The van der Waals surface area contributed by atoms with Crippen molar-refractivity contribution in [2.24, 2.45) is 0 Å². The molecule has 0 spiro atoms. The summed E-state index contributed by atoms with van der Waals surface area (Å²) in [5.74, 6) is 0. The molecular weight excluding hydrogens is 993 g/mol. The second kappa shape index (κ2) is 27.8. The van der Waals surface area contributed by atoms with Crippen LogP contribution in [-0.4, -0.2) is 0 Å². The predicted octanol–water partition coefficient (Wildman–Crippen LogP) is 18.4. The molecule has 0 saturated heterocycles. The van der Waals surface area contributed by atoms with Crippen LogP contribution in [0.15, 0.2) is 314 Å². The standard InChI is InChI=1S/2C38H33N2.2CH3/c1-30(20-24-35-26-22-33-16-8-10-18-37(33)39(35)28-31-12-4-2-5-13-31)21-25-36-27-23-34-17-9-11-19-38(34)40(36)29-32-14-6-3-7-15-32;1-30(20-22-33-24-26-39(28-31-12-4-2-5-13-31)37-18-10-8-16-35(33)37)21-23-34-25-27-40(29-32-14-6-3-7-15-32)38-19-11-9-17-36(34)38;;/h2*2-27H,28-29H2,1H3;2*1H3/q2*+1;2*-1. The average Bonchev–Trinajstić information content (AvgIpc) is 3.59. The highest BCUT2D eigenvalue weighted by atomic mass is 15.1. The van der Waals surface area contributed by atoms with E-state index in [-0.39, 0.29) is 14.9 Å². The van der Waals surface area contributed by atoms with E-state index < -0.39 is 0 Å². The van der Waals surface area contributed by atoms with Crippen molar-refractivity contribution in [1.29, 1.82) is 0 Å². The number of aromatic nitrogens is 2. The number of para-hydroxylation sites is 4. The van der Waals surface area contributed by atoms with E-state index in [9.17, 15) is 0 Å². The lowest BCUT2D eigenvalue weighted by Gasteiger charge is -2.30. The van der Waals surface area contributed by atoms with Gasteiger partial charge in [0.15, 0.2) is 19.3 Å². The molecule has 2 aliphatic rings. The van der Waals surface area contributed by atoms with Crippen molar-refractivity contribution >= 4 is 57.0 Å². The Morgan fingerprint density at radius 3 is 1.73 bits per heavy atom. The van der Waals surface area contributed by atoms with Crippen molar-refractivity contribution in [3.05, 3.63) is 374 Å². The molecule has 12 rings (SSSR count). The molecule has 0 saturated carbocycles. The third kappa shape index (κ3) is 14.1. The maximum atomic E-state index is 2.40. The second-order valence-corrected chi connectivity index (χ2v) is 20.4. The molecule has 2 aromatic heterocycles. The topological polar surface area (TPSA) is 14.2 Å². The molecule has 4 nitrogen and oxygen atoms in total. The fraction of sp³-hybridized carbons (Fsp3) is 0.0769. The van der Waals surface area contributed by atoms with Crippen LogP contribution in [0.2, 0.25) is 0 Å². The van der Waals surface area contributed by atoms with Gasteiger partial charge in [0, 0.05) is 88.8 Å². The molecule has 0 atom stereocenters. The molecule has 8 aromatic carbocycles. The summed E-state index contributed by atoms with van der Waals surface area (Å²) < 4.78 is 4.72. The molecule has 0 fully saturated rings. The molecule has 82 heavy (non-hydrogen) atoms.